The number of hydrogen-bond donors (Lipinski definition) is 0. The summed E-state index contributed by atoms with van der Waals surface area (Å²) in [6, 6.07) is 0. The topological polar surface area (TPSA) is 37.1 Å². The molecule has 0 aromatic carbocycles. The van der Waals surface area contributed by atoms with Crippen LogP contribution in [0.15, 0.2) is 15.2 Å². The maximum absolute atomic E-state index is 3.61. The number of nitrogens with zero attached hydrogens (tertiary/aromatic N) is 3. The molecule has 0 aliphatic rings. The Hall–Kier alpha value is -0.990. The molecule has 0 spiro atoms. The fraction of sp³-hybridized carbons (Fsp3) is 0.250. The van der Waals surface area contributed by atoms with Gasteiger partial charge in [0.25, 0.3) is 0 Å². The lowest BCUT2D eigenvalue weighted by molar-refractivity contribution is 1.29. The Balaban J connectivity index is 3.27. The summed E-state index contributed by atoms with van der Waals surface area (Å²) in [6.07, 6.45) is 3.00. The summed E-state index contributed by atoms with van der Waals surface area (Å²) in [7, 11) is 1.66. The van der Waals surface area contributed by atoms with Gasteiger partial charge in [-0.2, -0.15) is 10.2 Å². The molecule has 3 heteroatoms. The molecule has 0 fully saturated rings. The van der Waals surface area contributed by atoms with Crippen LogP contribution >= 0.6 is 0 Å². The molecule has 0 radical (unpaired) electrons. The zero-order valence-corrected chi connectivity index (χ0v) is 4.20. The Morgan fingerprint density at radius 2 is 2.14 bits per heavy atom. The molecule has 0 rings (SSSR count). The highest BCUT2D eigenvalue weighted by atomic mass is 15.2. The number of hydrogen-bond acceptors (Lipinski definition) is 3. The minimum Gasteiger partial charge on any atom is -0.295 e. The molecule has 0 N–H and O–H groups in total. The zero-order chi connectivity index (χ0) is 5.54. The van der Waals surface area contributed by atoms with Crippen molar-refractivity contribution in [3.63, 3.8) is 0 Å². The maximum atomic E-state index is 3.61. The van der Waals surface area contributed by atoms with E-state index >= 15 is 0 Å². The molecule has 0 bridgehead atoms. The quantitative estimate of drug-likeness (QED) is 0.353. The van der Waals surface area contributed by atoms with E-state index in [4.69, 9.17) is 0 Å². The standard InChI is InChI=1S/C4H7N3/c1-5-3-4-7-6-2/h3-4H,2H2,1H3/b5-3-,7-4-. The summed E-state index contributed by atoms with van der Waals surface area (Å²) in [5.74, 6) is 0. The van der Waals surface area contributed by atoms with E-state index < -0.39 is 0 Å². The average Bonchev–Trinajstić information content (AvgIpc) is 1.69. The smallest absolute Gasteiger partial charge is 0.0673 e. The fourth-order valence-corrected chi connectivity index (χ4v) is 0.144. The van der Waals surface area contributed by atoms with E-state index in [2.05, 4.69) is 21.9 Å². The van der Waals surface area contributed by atoms with Crippen LogP contribution in [0.1, 0.15) is 0 Å². The van der Waals surface area contributed by atoms with Gasteiger partial charge in [0.05, 0.1) is 6.21 Å². The molecule has 0 saturated carbocycles. The zero-order valence-electron chi connectivity index (χ0n) is 4.20. The predicted molar refractivity (Wildman–Crippen MR) is 32.5 cm³/mol. The van der Waals surface area contributed by atoms with Gasteiger partial charge in [0.15, 0.2) is 0 Å². The molecule has 38 valence electrons. The molecule has 0 heterocycles. The van der Waals surface area contributed by atoms with Crippen LogP contribution in [0.2, 0.25) is 0 Å². The van der Waals surface area contributed by atoms with Crippen molar-refractivity contribution < 1.29 is 0 Å². The Kier molecular flexibility index (Phi) is 4.30. The average molecular weight is 97.1 g/mol. The predicted octanol–water partition coefficient (Wildman–Crippen LogP) is 0.373. The molecule has 0 aromatic rings. The summed E-state index contributed by atoms with van der Waals surface area (Å²) in [6.45, 7) is 3.12. The van der Waals surface area contributed by atoms with Crippen molar-refractivity contribution in [1.82, 2.24) is 0 Å². The largest absolute Gasteiger partial charge is 0.295 e. The third-order valence-corrected chi connectivity index (χ3v) is 0.364. The summed E-state index contributed by atoms with van der Waals surface area (Å²) in [4.78, 5) is 3.61. The summed E-state index contributed by atoms with van der Waals surface area (Å²) in [5, 5.41) is 6.60. The van der Waals surface area contributed by atoms with Gasteiger partial charge < -0.3 is 0 Å². The third kappa shape index (κ3) is 5.01. The van der Waals surface area contributed by atoms with Gasteiger partial charge in [-0.3, -0.25) is 4.99 Å². The first-order valence-corrected chi connectivity index (χ1v) is 1.81. The van der Waals surface area contributed by atoms with Gasteiger partial charge in [-0.1, -0.05) is 0 Å². The van der Waals surface area contributed by atoms with Crippen molar-refractivity contribution in [2.75, 3.05) is 7.05 Å². The summed E-state index contributed by atoms with van der Waals surface area (Å²) >= 11 is 0. The van der Waals surface area contributed by atoms with Crippen molar-refractivity contribution in [2.24, 2.45) is 15.2 Å². The summed E-state index contributed by atoms with van der Waals surface area (Å²) < 4.78 is 0. The second-order valence-corrected chi connectivity index (χ2v) is 0.813. The first-order valence-electron chi connectivity index (χ1n) is 1.81. The van der Waals surface area contributed by atoms with Crippen LogP contribution in [0.5, 0.6) is 0 Å². The Morgan fingerprint density at radius 3 is 2.57 bits per heavy atom. The van der Waals surface area contributed by atoms with Crippen molar-refractivity contribution in [1.29, 1.82) is 0 Å². The van der Waals surface area contributed by atoms with Crippen LogP contribution in [0.3, 0.4) is 0 Å². The van der Waals surface area contributed by atoms with Crippen molar-refractivity contribution in [2.45, 2.75) is 0 Å². The van der Waals surface area contributed by atoms with E-state index in [9.17, 15) is 0 Å². The molecular formula is C4H7N3. The lowest BCUT2D eigenvalue weighted by Gasteiger charge is -1.65. The van der Waals surface area contributed by atoms with Crippen LogP contribution in [0, 0.1) is 0 Å². The minimum absolute atomic E-state index is 1.47. The van der Waals surface area contributed by atoms with E-state index in [0.717, 1.165) is 0 Å². The molecule has 0 amide bonds. The molecule has 0 aromatic heterocycles. The van der Waals surface area contributed by atoms with Gasteiger partial charge in [0, 0.05) is 20.0 Å². The normalized spacial score (nSPS) is 11.0. The molecule has 7 heavy (non-hydrogen) atoms. The Morgan fingerprint density at radius 1 is 1.43 bits per heavy atom. The summed E-state index contributed by atoms with van der Waals surface area (Å²) in [5.41, 5.74) is 0. The molecular weight excluding hydrogens is 90.1 g/mol. The Labute approximate surface area is 42.5 Å². The van der Waals surface area contributed by atoms with E-state index in [1.54, 1.807) is 7.05 Å². The first-order chi connectivity index (χ1) is 3.41. The highest BCUT2D eigenvalue weighted by Crippen LogP contribution is 1.57. The second-order valence-electron chi connectivity index (χ2n) is 0.813. The molecule has 0 unspecified atom stereocenters. The van der Waals surface area contributed by atoms with Crippen molar-refractivity contribution in [3.8, 4) is 0 Å². The van der Waals surface area contributed by atoms with Crippen molar-refractivity contribution in [3.05, 3.63) is 0 Å². The minimum atomic E-state index is 1.47. The Bertz CT molecular complexity index is 93.1. The third-order valence-electron chi connectivity index (χ3n) is 0.364. The maximum Gasteiger partial charge on any atom is 0.0673 e. The van der Waals surface area contributed by atoms with E-state index in [1.165, 1.54) is 12.4 Å². The van der Waals surface area contributed by atoms with Crippen LogP contribution < -0.4 is 0 Å². The molecule has 0 saturated heterocycles. The fourth-order valence-electron chi connectivity index (χ4n) is 0.144. The molecule has 0 atom stereocenters. The number of aliphatic imine (C=N–C) groups is 1. The highest BCUT2D eigenvalue weighted by molar-refractivity contribution is 6.15. The second kappa shape index (κ2) is 5.01. The first kappa shape index (κ1) is 6.01. The molecule has 3 nitrogen and oxygen atoms in total. The van der Waals surface area contributed by atoms with E-state index in [1.807, 2.05) is 0 Å². The SMILES string of the molecule is C=N/N=C\C=N/C. The van der Waals surface area contributed by atoms with Crippen LogP contribution in [0.4, 0.5) is 0 Å². The van der Waals surface area contributed by atoms with Gasteiger partial charge in [-0.05, 0) is 0 Å². The van der Waals surface area contributed by atoms with Gasteiger partial charge in [0.1, 0.15) is 0 Å². The van der Waals surface area contributed by atoms with E-state index in [-0.39, 0.29) is 0 Å². The highest BCUT2D eigenvalue weighted by Gasteiger charge is 1.53. The lowest BCUT2D eigenvalue weighted by atomic mass is 10.8. The van der Waals surface area contributed by atoms with E-state index in [0.29, 0.717) is 0 Å². The number of rotatable bonds is 2. The van der Waals surface area contributed by atoms with Gasteiger partial charge in [-0.15, -0.1) is 0 Å². The molecule has 0 aliphatic carbocycles. The monoisotopic (exact) mass is 97.1 g/mol. The lowest BCUT2D eigenvalue weighted by Crippen LogP contribution is -1.69. The van der Waals surface area contributed by atoms with Crippen LogP contribution in [-0.4, -0.2) is 26.2 Å². The van der Waals surface area contributed by atoms with Crippen LogP contribution in [-0.2, 0) is 0 Å². The van der Waals surface area contributed by atoms with Gasteiger partial charge in [0.2, 0.25) is 0 Å². The van der Waals surface area contributed by atoms with Crippen molar-refractivity contribution >= 4 is 19.1 Å². The van der Waals surface area contributed by atoms with Crippen LogP contribution in [0.25, 0.3) is 0 Å². The van der Waals surface area contributed by atoms with Gasteiger partial charge >= 0.3 is 0 Å². The molecule has 0 aliphatic heterocycles. The van der Waals surface area contributed by atoms with Gasteiger partial charge in [-0.25, -0.2) is 0 Å².